The molecule has 0 saturated carbocycles. The van der Waals surface area contributed by atoms with E-state index in [4.69, 9.17) is 5.73 Å². The van der Waals surface area contributed by atoms with Gasteiger partial charge in [-0.1, -0.05) is 0 Å². The molecule has 0 bridgehead atoms. The Morgan fingerprint density at radius 1 is 1.48 bits per heavy atom. The third-order valence-electron chi connectivity index (χ3n) is 3.02. The summed E-state index contributed by atoms with van der Waals surface area (Å²) in [4.78, 5) is 9.18. The predicted octanol–water partition coefficient (Wildman–Crippen LogP) is 3.09. The van der Waals surface area contributed by atoms with Crippen molar-refractivity contribution in [2.45, 2.75) is 38.5 Å². The van der Waals surface area contributed by atoms with Crippen LogP contribution in [0.3, 0.4) is 0 Å². The Bertz CT molecular complexity index is 478. The highest BCUT2D eigenvalue weighted by Crippen LogP contribution is 2.36. The fraction of sp³-hybridized carbons (Fsp3) is 0.500. The van der Waals surface area contributed by atoms with Crippen molar-refractivity contribution in [3.8, 4) is 0 Å². The van der Waals surface area contributed by atoms with Gasteiger partial charge in [-0.3, -0.25) is 4.79 Å². The molecule has 2 atom stereocenters. The van der Waals surface area contributed by atoms with Crippen molar-refractivity contribution in [2.24, 2.45) is 5.73 Å². The van der Waals surface area contributed by atoms with Crippen molar-refractivity contribution in [1.29, 1.82) is 0 Å². The van der Waals surface area contributed by atoms with Gasteiger partial charge in [0.25, 0.3) is 6.47 Å². The summed E-state index contributed by atoms with van der Waals surface area (Å²) in [5.41, 5.74) is 6.46. The molecule has 0 spiro atoms. The number of nitrogens with one attached hydrogen (secondary N) is 1. The van der Waals surface area contributed by atoms with E-state index in [2.05, 4.69) is 10.1 Å². The van der Waals surface area contributed by atoms with E-state index in [9.17, 15) is 18.0 Å². The molecular formula is C14H19F3N2O2. The van der Waals surface area contributed by atoms with Gasteiger partial charge < -0.3 is 15.8 Å². The van der Waals surface area contributed by atoms with Gasteiger partial charge in [0.1, 0.15) is 0 Å². The van der Waals surface area contributed by atoms with E-state index in [1.54, 1.807) is 6.92 Å². The molecule has 1 aromatic carbocycles. The maximum atomic E-state index is 12.5. The first-order valence-corrected chi connectivity index (χ1v) is 6.58. The van der Waals surface area contributed by atoms with Gasteiger partial charge in [0.05, 0.1) is 12.2 Å². The van der Waals surface area contributed by atoms with E-state index < -0.39 is 11.7 Å². The number of rotatable bonds is 2. The standard InChI is InChI=1S/C11H13F3N2.C3H6O2/c1-6-4-9(15)8-5-7(11(12,13)14)2-3-10(8)16-6;1-2-5-3-4/h2-3,5-6,9,16H,4,15H2,1H3;3H,2H2,1H3. The van der Waals surface area contributed by atoms with Crippen LogP contribution in [0.2, 0.25) is 0 Å². The Balaban J connectivity index is 0.000000383. The maximum Gasteiger partial charge on any atom is 0.416 e. The summed E-state index contributed by atoms with van der Waals surface area (Å²) in [5, 5.41) is 3.12. The van der Waals surface area contributed by atoms with Crippen LogP contribution in [0.1, 0.15) is 37.4 Å². The van der Waals surface area contributed by atoms with Crippen LogP contribution in [0.25, 0.3) is 0 Å². The molecule has 1 aliphatic rings. The van der Waals surface area contributed by atoms with Crippen LogP contribution in [-0.2, 0) is 15.7 Å². The predicted molar refractivity (Wildman–Crippen MR) is 73.8 cm³/mol. The minimum atomic E-state index is -4.31. The van der Waals surface area contributed by atoms with Crippen molar-refractivity contribution in [2.75, 3.05) is 11.9 Å². The number of halogens is 3. The first kappa shape index (κ1) is 17.3. The number of anilines is 1. The van der Waals surface area contributed by atoms with Gasteiger partial charge >= 0.3 is 6.18 Å². The number of benzene rings is 1. The SMILES string of the molecule is CC1CC(N)c2cc(C(F)(F)F)ccc2N1.CCOC=O. The Morgan fingerprint density at radius 3 is 2.62 bits per heavy atom. The molecule has 0 aromatic heterocycles. The van der Waals surface area contributed by atoms with Gasteiger partial charge in [0.15, 0.2) is 0 Å². The molecule has 118 valence electrons. The molecule has 1 aromatic rings. The molecule has 21 heavy (non-hydrogen) atoms. The molecular weight excluding hydrogens is 285 g/mol. The molecule has 0 saturated heterocycles. The molecule has 4 nitrogen and oxygen atoms in total. The quantitative estimate of drug-likeness (QED) is 0.824. The summed E-state index contributed by atoms with van der Waals surface area (Å²) in [7, 11) is 0. The van der Waals surface area contributed by atoms with Crippen LogP contribution >= 0.6 is 0 Å². The third kappa shape index (κ3) is 4.93. The van der Waals surface area contributed by atoms with E-state index in [1.807, 2.05) is 6.92 Å². The van der Waals surface area contributed by atoms with E-state index in [0.29, 0.717) is 30.8 Å². The molecule has 2 rings (SSSR count). The molecule has 2 unspecified atom stereocenters. The van der Waals surface area contributed by atoms with Crippen molar-refractivity contribution in [3.63, 3.8) is 0 Å². The van der Waals surface area contributed by atoms with Crippen LogP contribution < -0.4 is 11.1 Å². The van der Waals surface area contributed by atoms with Gasteiger partial charge in [-0.15, -0.1) is 0 Å². The van der Waals surface area contributed by atoms with Crippen LogP contribution in [0, 0.1) is 0 Å². The highest BCUT2D eigenvalue weighted by atomic mass is 19.4. The third-order valence-corrected chi connectivity index (χ3v) is 3.02. The van der Waals surface area contributed by atoms with Crippen LogP contribution in [-0.4, -0.2) is 19.1 Å². The normalized spacial score (nSPS) is 20.5. The zero-order chi connectivity index (χ0) is 16.0. The van der Waals surface area contributed by atoms with Crippen molar-refractivity contribution in [1.82, 2.24) is 0 Å². The summed E-state index contributed by atoms with van der Waals surface area (Å²) >= 11 is 0. The maximum absolute atomic E-state index is 12.5. The van der Waals surface area contributed by atoms with E-state index in [-0.39, 0.29) is 12.1 Å². The van der Waals surface area contributed by atoms with Crippen molar-refractivity contribution < 1.29 is 22.7 Å². The fourth-order valence-corrected chi connectivity index (χ4v) is 2.08. The highest BCUT2D eigenvalue weighted by molar-refractivity contribution is 5.57. The summed E-state index contributed by atoms with van der Waals surface area (Å²) in [6.07, 6.45) is -3.66. The van der Waals surface area contributed by atoms with Gasteiger partial charge in [-0.05, 0) is 44.0 Å². The zero-order valence-corrected chi connectivity index (χ0v) is 11.9. The molecule has 1 aliphatic heterocycles. The second-order valence-electron chi connectivity index (χ2n) is 4.74. The lowest BCUT2D eigenvalue weighted by molar-refractivity contribution is -0.137. The molecule has 0 fully saturated rings. The number of hydrogen-bond donors (Lipinski definition) is 2. The first-order chi connectivity index (χ1) is 9.79. The van der Waals surface area contributed by atoms with Crippen molar-refractivity contribution >= 4 is 12.2 Å². The zero-order valence-electron chi connectivity index (χ0n) is 11.9. The number of fused-ring (bicyclic) bond motifs is 1. The Morgan fingerprint density at radius 2 is 2.14 bits per heavy atom. The van der Waals surface area contributed by atoms with Crippen LogP contribution in [0.15, 0.2) is 18.2 Å². The Hall–Kier alpha value is -1.76. The average molecular weight is 304 g/mol. The van der Waals surface area contributed by atoms with Gasteiger partial charge in [-0.2, -0.15) is 13.2 Å². The second kappa shape index (κ2) is 7.31. The topological polar surface area (TPSA) is 64.3 Å². The molecule has 3 N–H and O–H groups in total. The van der Waals surface area contributed by atoms with E-state index in [1.165, 1.54) is 6.07 Å². The Kier molecular flexibility index (Phi) is 6.02. The lowest BCUT2D eigenvalue weighted by atomic mass is 9.93. The first-order valence-electron chi connectivity index (χ1n) is 6.58. The number of hydrogen-bond acceptors (Lipinski definition) is 4. The lowest BCUT2D eigenvalue weighted by Crippen LogP contribution is -2.29. The van der Waals surface area contributed by atoms with E-state index >= 15 is 0 Å². The van der Waals surface area contributed by atoms with Gasteiger partial charge in [0, 0.05) is 17.8 Å². The molecule has 0 aliphatic carbocycles. The molecule has 1 heterocycles. The number of carbonyl (C=O) groups is 1. The lowest BCUT2D eigenvalue weighted by Gasteiger charge is -2.29. The molecule has 7 heteroatoms. The van der Waals surface area contributed by atoms with Crippen molar-refractivity contribution in [3.05, 3.63) is 29.3 Å². The average Bonchev–Trinajstić information content (AvgIpc) is 2.38. The minimum Gasteiger partial charge on any atom is -0.468 e. The molecule has 0 radical (unpaired) electrons. The Labute approximate surface area is 121 Å². The summed E-state index contributed by atoms with van der Waals surface area (Å²) in [5.74, 6) is 0. The fourth-order valence-electron chi connectivity index (χ4n) is 2.08. The summed E-state index contributed by atoms with van der Waals surface area (Å²) in [6.45, 7) is 4.62. The number of ether oxygens (including phenoxy) is 1. The minimum absolute atomic E-state index is 0.194. The van der Waals surface area contributed by atoms with Gasteiger partial charge in [0.2, 0.25) is 0 Å². The summed E-state index contributed by atoms with van der Waals surface area (Å²) < 4.78 is 41.7. The largest absolute Gasteiger partial charge is 0.468 e. The van der Waals surface area contributed by atoms with Gasteiger partial charge in [-0.25, -0.2) is 0 Å². The monoisotopic (exact) mass is 304 g/mol. The number of nitrogens with two attached hydrogens (primary N) is 1. The van der Waals surface area contributed by atoms with E-state index in [0.717, 1.165) is 12.1 Å². The smallest absolute Gasteiger partial charge is 0.416 e. The van der Waals surface area contributed by atoms with Crippen LogP contribution in [0.4, 0.5) is 18.9 Å². The van der Waals surface area contributed by atoms with Crippen LogP contribution in [0.5, 0.6) is 0 Å². The molecule has 0 amide bonds. The summed E-state index contributed by atoms with van der Waals surface area (Å²) in [6, 6.07) is 3.54. The second-order valence-corrected chi connectivity index (χ2v) is 4.74. The number of carbonyl (C=O) groups excluding carboxylic acids is 1. The number of alkyl halides is 3. The highest BCUT2D eigenvalue weighted by Gasteiger charge is 2.32.